The van der Waals surface area contributed by atoms with E-state index in [4.69, 9.17) is 9.47 Å². The predicted octanol–water partition coefficient (Wildman–Crippen LogP) is 4.25. The molecule has 1 aliphatic rings. The van der Waals surface area contributed by atoms with Crippen molar-refractivity contribution >= 4 is 16.7 Å². The lowest BCUT2D eigenvalue weighted by Gasteiger charge is -2.13. The molecule has 0 radical (unpaired) electrons. The minimum absolute atomic E-state index is 0.0348. The van der Waals surface area contributed by atoms with Gasteiger partial charge in [0.15, 0.2) is 0 Å². The lowest BCUT2D eigenvalue weighted by molar-refractivity contribution is -0.147. The fourth-order valence-electron chi connectivity index (χ4n) is 3.19. The smallest absolute Gasteiger partial charge is 0.309 e. The van der Waals surface area contributed by atoms with Gasteiger partial charge in [0, 0.05) is 0 Å². The number of ether oxygens (including phenoxy) is 2. The van der Waals surface area contributed by atoms with Gasteiger partial charge in [-0.25, -0.2) is 0 Å². The van der Waals surface area contributed by atoms with Crippen molar-refractivity contribution in [2.75, 3.05) is 6.61 Å². The molecule has 0 N–H and O–H groups in total. The molecule has 3 nitrogen and oxygen atoms in total. The van der Waals surface area contributed by atoms with E-state index in [0.717, 1.165) is 19.3 Å². The Morgan fingerprint density at radius 3 is 2.87 bits per heavy atom. The average molecular weight is 310 g/mol. The summed E-state index contributed by atoms with van der Waals surface area (Å²) in [5.74, 6) is -0.159. The van der Waals surface area contributed by atoms with Crippen LogP contribution in [0.4, 0.5) is 0 Å². The second-order valence-corrected chi connectivity index (χ2v) is 6.00. The van der Waals surface area contributed by atoms with Crippen LogP contribution in [-0.4, -0.2) is 18.7 Å². The summed E-state index contributed by atoms with van der Waals surface area (Å²) in [4.78, 5) is 11.9. The Morgan fingerprint density at radius 1 is 1.17 bits per heavy atom. The van der Waals surface area contributed by atoms with Crippen molar-refractivity contribution in [2.45, 2.75) is 32.0 Å². The Kier molecular flexibility index (Phi) is 5.09. The van der Waals surface area contributed by atoms with Gasteiger partial charge in [-0.05, 0) is 35.6 Å². The number of hydrogen-bond acceptors (Lipinski definition) is 3. The van der Waals surface area contributed by atoms with E-state index >= 15 is 0 Å². The maximum absolute atomic E-state index is 11.9. The van der Waals surface area contributed by atoms with Crippen LogP contribution in [0.1, 0.15) is 24.8 Å². The quantitative estimate of drug-likeness (QED) is 0.591. The highest BCUT2D eigenvalue weighted by Crippen LogP contribution is 2.30. The summed E-state index contributed by atoms with van der Waals surface area (Å²) in [7, 11) is 0. The molecule has 0 heterocycles. The van der Waals surface area contributed by atoms with Crippen LogP contribution in [0, 0.1) is 5.92 Å². The average Bonchev–Trinajstić information content (AvgIpc) is 3.07. The molecule has 3 heteroatoms. The van der Waals surface area contributed by atoms with Crippen LogP contribution in [0.25, 0.3) is 10.8 Å². The Balaban J connectivity index is 1.57. The highest BCUT2D eigenvalue weighted by Gasteiger charge is 2.31. The van der Waals surface area contributed by atoms with Gasteiger partial charge in [-0.15, -0.1) is 0 Å². The van der Waals surface area contributed by atoms with E-state index in [0.29, 0.717) is 6.61 Å². The van der Waals surface area contributed by atoms with Gasteiger partial charge < -0.3 is 9.47 Å². The van der Waals surface area contributed by atoms with Gasteiger partial charge in [0.25, 0.3) is 0 Å². The molecule has 2 atom stereocenters. The molecular formula is C20H22O3. The molecule has 0 amide bonds. The maximum Gasteiger partial charge on any atom is 0.309 e. The van der Waals surface area contributed by atoms with Crippen LogP contribution >= 0.6 is 0 Å². The number of hydrogen-bond donors (Lipinski definition) is 0. The third kappa shape index (κ3) is 3.80. The number of fused-ring (bicyclic) bond motifs is 1. The van der Waals surface area contributed by atoms with Crippen molar-refractivity contribution in [3.8, 4) is 0 Å². The standard InChI is InChI=1S/C20H22O3/c1-2-12-22-20(21)16-10-11-18(13-16)23-14-17-8-5-7-15-6-3-4-9-19(15)17/h2-9,16,18H,1,10-14H2/t16-,18-/m0/s1. The molecule has 3 rings (SSSR count). The minimum Gasteiger partial charge on any atom is -0.461 e. The fourth-order valence-corrected chi connectivity index (χ4v) is 3.19. The summed E-state index contributed by atoms with van der Waals surface area (Å²) >= 11 is 0. The van der Waals surface area contributed by atoms with Gasteiger partial charge in [0.2, 0.25) is 0 Å². The maximum atomic E-state index is 11.9. The molecule has 2 aromatic rings. The van der Waals surface area contributed by atoms with E-state index in [1.54, 1.807) is 6.08 Å². The zero-order valence-electron chi connectivity index (χ0n) is 13.2. The Bertz CT molecular complexity index is 687. The summed E-state index contributed by atoms with van der Waals surface area (Å²) in [6.45, 7) is 4.43. The van der Waals surface area contributed by atoms with Gasteiger partial charge in [-0.3, -0.25) is 4.79 Å². The van der Waals surface area contributed by atoms with E-state index in [2.05, 4.69) is 36.9 Å². The fraction of sp³-hybridized carbons (Fsp3) is 0.350. The zero-order valence-corrected chi connectivity index (χ0v) is 13.2. The van der Waals surface area contributed by atoms with Gasteiger partial charge in [0.05, 0.1) is 18.6 Å². The van der Waals surface area contributed by atoms with Gasteiger partial charge in [0.1, 0.15) is 6.61 Å². The largest absolute Gasteiger partial charge is 0.461 e. The van der Waals surface area contributed by atoms with Gasteiger partial charge in [-0.1, -0.05) is 55.1 Å². The summed E-state index contributed by atoms with van der Waals surface area (Å²) in [5.41, 5.74) is 1.20. The lowest BCUT2D eigenvalue weighted by Crippen LogP contribution is -2.17. The molecule has 120 valence electrons. The second-order valence-electron chi connectivity index (χ2n) is 6.00. The topological polar surface area (TPSA) is 35.5 Å². The molecular weight excluding hydrogens is 288 g/mol. The SMILES string of the molecule is C=CCOC(=O)[C@H]1CC[C@H](OCc2cccc3ccccc23)C1. The van der Waals surface area contributed by atoms with Crippen LogP contribution < -0.4 is 0 Å². The first-order valence-electron chi connectivity index (χ1n) is 8.13. The number of esters is 1. The molecule has 0 aliphatic heterocycles. The monoisotopic (exact) mass is 310 g/mol. The van der Waals surface area contributed by atoms with Crippen molar-refractivity contribution in [3.63, 3.8) is 0 Å². The van der Waals surface area contributed by atoms with Crippen LogP contribution in [-0.2, 0) is 20.9 Å². The molecule has 1 fully saturated rings. The minimum atomic E-state index is -0.124. The van der Waals surface area contributed by atoms with Gasteiger partial charge in [-0.2, -0.15) is 0 Å². The summed E-state index contributed by atoms with van der Waals surface area (Å²) in [6, 6.07) is 14.6. The van der Waals surface area contributed by atoms with Crippen molar-refractivity contribution in [3.05, 3.63) is 60.7 Å². The van der Waals surface area contributed by atoms with Crippen LogP contribution in [0.2, 0.25) is 0 Å². The van der Waals surface area contributed by atoms with E-state index in [1.807, 2.05) is 12.1 Å². The highest BCUT2D eigenvalue weighted by molar-refractivity contribution is 5.85. The van der Waals surface area contributed by atoms with Crippen molar-refractivity contribution in [1.29, 1.82) is 0 Å². The first-order chi connectivity index (χ1) is 11.3. The Labute approximate surface area is 136 Å². The normalized spacial score (nSPS) is 20.5. The molecule has 0 unspecified atom stereocenters. The van der Waals surface area contributed by atoms with Crippen molar-refractivity contribution in [2.24, 2.45) is 5.92 Å². The highest BCUT2D eigenvalue weighted by atomic mass is 16.5. The summed E-state index contributed by atoms with van der Waals surface area (Å²) < 4.78 is 11.2. The molecule has 2 aromatic carbocycles. The molecule has 0 bridgehead atoms. The summed E-state index contributed by atoms with van der Waals surface area (Å²) in [5, 5.41) is 2.46. The molecule has 0 saturated heterocycles. The number of carbonyl (C=O) groups is 1. The molecule has 23 heavy (non-hydrogen) atoms. The molecule has 1 aliphatic carbocycles. The first kappa shape index (κ1) is 15.8. The second kappa shape index (κ2) is 7.42. The first-order valence-corrected chi connectivity index (χ1v) is 8.13. The zero-order chi connectivity index (χ0) is 16.1. The third-order valence-electron chi connectivity index (χ3n) is 4.42. The number of benzene rings is 2. The van der Waals surface area contributed by atoms with Crippen molar-refractivity contribution in [1.82, 2.24) is 0 Å². The Hall–Kier alpha value is -2.13. The summed E-state index contributed by atoms with van der Waals surface area (Å²) in [6.07, 6.45) is 4.24. The van der Waals surface area contributed by atoms with Crippen LogP contribution in [0.15, 0.2) is 55.1 Å². The molecule has 1 saturated carbocycles. The van der Waals surface area contributed by atoms with Crippen LogP contribution in [0.3, 0.4) is 0 Å². The number of carbonyl (C=O) groups excluding carboxylic acids is 1. The van der Waals surface area contributed by atoms with E-state index in [1.165, 1.54) is 16.3 Å². The lowest BCUT2D eigenvalue weighted by atomic mass is 10.1. The van der Waals surface area contributed by atoms with E-state index in [-0.39, 0.29) is 24.6 Å². The third-order valence-corrected chi connectivity index (χ3v) is 4.42. The van der Waals surface area contributed by atoms with Crippen molar-refractivity contribution < 1.29 is 14.3 Å². The van der Waals surface area contributed by atoms with Gasteiger partial charge >= 0.3 is 5.97 Å². The predicted molar refractivity (Wildman–Crippen MR) is 91.0 cm³/mol. The van der Waals surface area contributed by atoms with E-state index in [9.17, 15) is 4.79 Å². The number of rotatable bonds is 6. The molecule has 0 aromatic heterocycles. The van der Waals surface area contributed by atoms with E-state index < -0.39 is 0 Å². The van der Waals surface area contributed by atoms with Crippen LogP contribution in [0.5, 0.6) is 0 Å². The molecule has 0 spiro atoms. The Morgan fingerprint density at radius 2 is 2.00 bits per heavy atom.